The van der Waals surface area contributed by atoms with Crippen molar-refractivity contribution in [2.75, 3.05) is 20.0 Å². The van der Waals surface area contributed by atoms with Gasteiger partial charge in [0.2, 0.25) is 5.75 Å². The Morgan fingerprint density at radius 1 is 1.50 bits per heavy atom. The third-order valence-corrected chi connectivity index (χ3v) is 3.82. The van der Waals surface area contributed by atoms with Crippen LogP contribution < -0.4 is 4.74 Å². The van der Waals surface area contributed by atoms with Crippen molar-refractivity contribution in [1.29, 1.82) is 0 Å². The second kappa shape index (κ2) is 6.09. The second-order valence-electron chi connectivity index (χ2n) is 4.93. The van der Waals surface area contributed by atoms with E-state index in [-0.39, 0.29) is 28.8 Å². The predicted molar refractivity (Wildman–Crippen MR) is 76.5 cm³/mol. The molecule has 0 bridgehead atoms. The van der Waals surface area contributed by atoms with Gasteiger partial charge in [0.25, 0.3) is 5.91 Å². The number of para-hydroxylation sites is 1. The molecule has 7 heteroatoms. The number of amides is 1. The van der Waals surface area contributed by atoms with Gasteiger partial charge in [0.1, 0.15) is 0 Å². The molecule has 0 aliphatic heterocycles. The van der Waals surface area contributed by atoms with E-state index in [2.05, 4.69) is 0 Å². The lowest BCUT2D eigenvalue weighted by Gasteiger charge is -2.34. The zero-order valence-corrected chi connectivity index (χ0v) is 12.6. The fraction of sp³-hybridized carbons (Fsp3) is 0.462. The number of hydrogen-bond donors (Lipinski definition) is 0. The van der Waals surface area contributed by atoms with E-state index in [1.54, 1.807) is 7.05 Å². The molecule has 0 radical (unpaired) electrons. The summed E-state index contributed by atoms with van der Waals surface area (Å²) in [6.07, 6.45) is 0. The van der Waals surface area contributed by atoms with Crippen LogP contribution in [0.5, 0.6) is 5.75 Å². The molecule has 0 saturated carbocycles. The molecule has 0 heterocycles. The van der Waals surface area contributed by atoms with Gasteiger partial charge >= 0.3 is 5.69 Å². The molecule has 0 saturated heterocycles. The number of rotatable bonds is 5. The first kappa shape index (κ1) is 16.2. The van der Waals surface area contributed by atoms with Gasteiger partial charge in [-0.3, -0.25) is 14.9 Å². The molecule has 0 N–H and O–H groups in total. The maximum Gasteiger partial charge on any atom is 0.311 e. The van der Waals surface area contributed by atoms with Crippen molar-refractivity contribution in [3.05, 3.63) is 33.9 Å². The first-order valence-electron chi connectivity index (χ1n) is 5.91. The minimum atomic E-state index is -0.581. The highest BCUT2D eigenvalue weighted by atomic mass is 35.5. The Labute approximate surface area is 122 Å². The minimum absolute atomic E-state index is 0.0419. The molecule has 1 aromatic carbocycles. The number of alkyl halides is 1. The normalized spacial score (nSPS) is 11.1. The number of nitrogens with zero attached hydrogens (tertiary/aromatic N) is 2. The van der Waals surface area contributed by atoms with Crippen molar-refractivity contribution in [3.8, 4) is 5.75 Å². The highest BCUT2D eigenvalue weighted by Crippen LogP contribution is 2.32. The fourth-order valence-corrected chi connectivity index (χ4v) is 1.78. The molecule has 0 unspecified atom stereocenters. The van der Waals surface area contributed by atoms with E-state index in [0.717, 1.165) is 0 Å². The zero-order chi connectivity index (χ0) is 15.5. The van der Waals surface area contributed by atoms with Crippen molar-refractivity contribution in [2.24, 2.45) is 0 Å². The summed E-state index contributed by atoms with van der Waals surface area (Å²) in [6.45, 7) is 3.61. The van der Waals surface area contributed by atoms with Crippen LogP contribution in [0.4, 0.5) is 5.69 Å². The summed E-state index contributed by atoms with van der Waals surface area (Å²) in [5.74, 6) is -0.178. The van der Waals surface area contributed by atoms with Crippen LogP contribution in [0.25, 0.3) is 0 Å². The highest BCUT2D eigenvalue weighted by Gasteiger charge is 2.31. The SMILES string of the molecule is COc1c(C(=O)N(C)C(C)(C)CCl)cccc1[N+](=O)[O-]. The van der Waals surface area contributed by atoms with E-state index in [4.69, 9.17) is 16.3 Å². The van der Waals surface area contributed by atoms with Crippen LogP contribution in [0.3, 0.4) is 0 Å². The molecule has 20 heavy (non-hydrogen) atoms. The number of halogens is 1. The predicted octanol–water partition coefficient (Wildman–Crippen LogP) is 2.69. The Kier molecular flexibility index (Phi) is 4.94. The average Bonchev–Trinajstić information content (AvgIpc) is 2.44. The van der Waals surface area contributed by atoms with Crippen molar-refractivity contribution in [3.63, 3.8) is 0 Å². The summed E-state index contributed by atoms with van der Waals surface area (Å²) < 4.78 is 5.03. The van der Waals surface area contributed by atoms with Gasteiger partial charge in [0, 0.05) is 19.0 Å². The number of carbonyl (C=O) groups is 1. The Bertz CT molecular complexity index is 531. The van der Waals surface area contributed by atoms with E-state index in [9.17, 15) is 14.9 Å². The Hall–Kier alpha value is -1.82. The van der Waals surface area contributed by atoms with Crippen LogP contribution in [-0.4, -0.2) is 41.3 Å². The molecule has 0 aliphatic rings. The molecule has 0 fully saturated rings. The zero-order valence-electron chi connectivity index (χ0n) is 11.8. The highest BCUT2D eigenvalue weighted by molar-refractivity contribution is 6.18. The maximum absolute atomic E-state index is 12.5. The number of carbonyl (C=O) groups excluding carboxylic acids is 1. The Balaban J connectivity index is 3.30. The van der Waals surface area contributed by atoms with Gasteiger partial charge in [-0.2, -0.15) is 0 Å². The van der Waals surface area contributed by atoms with Crippen LogP contribution in [0.15, 0.2) is 18.2 Å². The summed E-state index contributed by atoms with van der Waals surface area (Å²) in [5.41, 5.74) is -0.674. The number of hydrogen-bond acceptors (Lipinski definition) is 4. The summed E-state index contributed by atoms with van der Waals surface area (Å²) in [7, 11) is 2.90. The minimum Gasteiger partial charge on any atom is -0.490 e. The molecule has 1 amide bonds. The van der Waals surface area contributed by atoms with Gasteiger partial charge in [-0.15, -0.1) is 11.6 Å². The van der Waals surface area contributed by atoms with Gasteiger partial charge in [-0.1, -0.05) is 6.07 Å². The van der Waals surface area contributed by atoms with Gasteiger partial charge in [-0.05, 0) is 19.9 Å². The molecule has 0 aromatic heterocycles. The summed E-state index contributed by atoms with van der Waals surface area (Å²) in [6, 6.07) is 4.24. The van der Waals surface area contributed by atoms with Crippen LogP contribution in [-0.2, 0) is 0 Å². The van der Waals surface area contributed by atoms with E-state index in [1.165, 1.54) is 30.2 Å². The van der Waals surface area contributed by atoms with Crippen molar-refractivity contribution in [2.45, 2.75) is 19.4 Å². The summed E-state index contributed by atoms with van der Waals surface area (Å²) in [4.78, 5) is 24.3. The van der Waals surface area contributed by atoms with Crippen LogP contribution in [0.2, 0.25) is 0 Å². The average molecular weight is 301 g/mol. The smallest absolute Gasteiger partial charge is 0.311 e. The molecular formula is C13H17ClN2O4. The molecule has 0 aliphatic carbocycles. The molecule has 110 valence electrons. The second-order valence-corrected chi connectivity index (χ2v) is 5.19. The van der Waals surface area contributed by atoms with Crippen molar-refractivity contribution < 1.29 is 14.5 Å². The van der Waals surface area contributed by atoms with Gasteiger partial charge in [-0.25, -0.2) is 0 Å². The number of ether oxygens (including phenoxy) is 1. The Morgan fingerprint density at radius 2 is 2.10 bits per heavy atom. The topological polar surface area (TPSA) is 72.7 Å². The van der Waals surface area contributed by atoms with Gasteiger partial charge in [0.05, 0.1) is 23.1 Å². The van der Waals surface area contributed by atoms with Crippen molar-refractivity contribution >= 4 is 23.2 Å². The van der Waals surface area contributed by atoms with Crippen LogP contribution >= 0.6 is 11.6 Å². The lowest BCUT2D eigenvalue weighted by atomic mass is 10.0. The fourth-order valence-electron chi connectivity index (χ4n) is 1.60. The van der Waals surface area contributed by atoms with E-state index in [1.807, 2.05) is 13.8 Å². The lowest BCUT2D eigenvalue weighted by Crippen LogP contribution is -2.46. The maximum atomic E-state index is 12.5. The first-order valence-corrected chi connectivity index (χ1v) is 6.45. The number of benzene rings is 1. The van der Waals surface area contributed by atoms with Crippen LogP contribution in [0, 0.1) is 10.1 Å². The van der Waals surface area contributed by atoms with Crippen LogP contribution in [0.1, 0.15) is 24.2 Å². The van der Waals surface area contributed by atoms with E-state index >= 15 is 0 Å². The largest absolute Gasteiger partial charge is 0.490 e. The summed E-state index contributed by atoms with van der Waals surface area (Å²) in [5, 5.41) is 11.0. The molecule has 1 rings (SSSR count). The lowest BCUT2D eigenvalue weighted by molar-refractivity contribution is -0.385. The number of nitro groups is 1. The quantitative estimate of drug-likeness (QED) is 0.476. The third kappa shape index (κ3) is 3.01. The monoisotopic (exact) mass is 300 g/mol. The molecule has 0 atom stereocenters. The molecule has 1 aromatic rings. The molecule has 6 nitrogen and oxygen atoms in total. The van der Waals surface area contributed by atoms with Crippen molar-refractivity contribution in [1.82, 2.24) is 4.90 Å². The third-order valence-electron chi connectivity index (χ3n) is 3.17. The standard InChI is InChI=1S/C13H17ClN2O4/c1-13(2,8-14)15(3)12(17)9-6-5-7-10(16(18)19)11(9)20-4/h5-7H,8H2,1-4H3. The van der Waals surface area contributed by atoms with Gasteiger partial charge < -0.3 is 9.64 Å². The number of nitro benzene ring substituents is 1. The molecular weight excluding hydrogens is 284 g/mol. The van der Waals surface area contributed by atoms with E-state index in [0.29, 0.717) is 0 Å². The Morgan fingerprint density at radius 3 is 2.55 bits per heavy atom. The molecule has 0 spiro atoms. The van der Waals surface area contributed by atoms with Gasteiger partial charge in [0.15, 0.2) is 0 Å². The van der Waals surface area contributed by atoms with E-state index < -0.39 is 10.5 Å². The summed E-state index contributed by atoms with van der Waals surface area (Å²) >= 11 is 5.84. The number of methoxy groups -OCH3 is 1. The first-order chi connectivity index (χ1) is 9.26.